The van der Waals surface area contributed by atoms with Gasteiger partial charge in [-0.25, -0.2) is 4.98 Å². The van der Waals surface area contributed by atoms with Crippen molar-refractivity contribution in [3.8, 4) is 0 Å². The summed E-state index contributed by atoms with van der Waals surface area (Å²) in [5, 5.41) is 23.0. The fourth-order valence-corrected chi connectivity index (χ4v) is 3.10. The Bertz CT molecular complexity index is 1110. The number of non-ortho nitro benzene ring substituents is 1. The zero-order valence-corrected chi connectivity index (χ0v) is 17.0. The number of benzene rings is 2. The lowest BCUT2D eigenvalue weighted by Crippen LogP contribution is -2.26. The Hall–Kier alpha value is -3.50. The molecule has 2 N–H and O–H groups in total. The first kappa shape index (κ1) is 22.2. The lowest BCUT2D eigenvalue weighted by molar-refractivity contribution is -0.384. The number of carbonyl (C=O) groups is 2. The minimum atomic E-state index is -0.554. The number of nitro benzene ring substituents is 1. The molecule has 0 bridgehead atoms. The maximum atomic E-state index is 12.0. The number of nitrogens with one attached hydrogen (secondary N) is 1. The highest BCUT2D eigenvalue weighted by Crippen LogP contribution is 2.21. The molecular formula is C20H19ClN4O6. The number of amides is 1. The summed E-state index contributed by atoms with van der Waals surface area (Å²) in [4.78, 5) is 38.6. The fraction of sp³-hybridized carbons (Fsp3) is 0.250. The number of hydrogen-bond donors (Lipinski definition) is 2. The van der Waals surface area contributed by atoms with E-state index in [1.807, 2.05) is 0 Å². The van der Waals surface area contributed by atoms with Gasteiger partial charge in [-0.05, 0) is 30.3 Å². The number of halogens is 1. The maximum absolute atomic E-state index is 12.0. The average Bonchev–Trinajstić information content (AvgIpc) is 3.09. The van der Waals surface area contributed by atoms with Gasteiger partial charge in [-0.2, -0.15) is 0 Å². The molecule has 0 radical (unpaired) electrons. The summed E-state index contributed by atoms with van der Waals surface area (Å²) >= 11 is 6.02. The van der Waals surface area contributed by atoms with Gasteiger partial charge in [0.1, 0.15) is 12.4 Å². The molecule has 0 aliphatic heterocycles. The summed E-state index contributed by atoms with van der Waals surface area (Å²) in [6.45, 7) is 0.0986. The second-order valence-corrected chi connectivity index (χ2v) is 6.94. The van der Waals surface area contributed by atoms with Crippen molar-refractivity contribution < 1.29 is 24.4 Å². The SMILES string of the molecule is O=C(CCNC(=O)c1ccc([N+](=O)[O-])cc1)OCc1nc2ccc(Cl)cc2n1CCO. The molecule has 0 unspecified atom stereocenters. The van der Waals surface area contributed by atoms with Gasteiger partial charge in [0.2, 0.25) is 0 Å². The van der Waals surface area contributed by atoms with Gasteiger partial charge in [-0.15, -0.1) is 0 Å². The minimum Gasteiger partial charge on any atom is -0.457 e. The van der Waals surface area contributed by atoms with E-state index < -0.39 is 16.8 Å². The fourth-order valence-electron chi connectivity index (χ4n) is 2.94. The lowest BCUT2D eigenvalue weighted by atomic mass is 10.2. The van der Waals surface area contributed by atoms with Crippen LogP contribution in [0.1, 0.15) is 22.6 Å². The standard InChI is InChI=1S/C20H19ClN4O6/c21-14-3-6-16-17(11-14)24(9-10-26)18(23-16)12-31-19(27)7-8-22-20(28)13-1-4-15(5-2-13)25(29)30/h1-6,11,26H,7-10,12H2,(H,22,28). The van der Waals surface area contributed by atoms with Crippen molar-refractivity contribution in [3.05, 3.63) is 69.0 Å². The number of hydrogen-bond acceptors (Lipinski definition) is 7. The van der Waals surface area contributed by atoms with Gasteiger partial charge < -0.3 is 19.7 Å². The van der Waals surface area contributed by atoms with Crippen molar-refractivity contribution in [1.82, 2.24) is 14.9 Å². The van der Waals surface area contributed by atoms with Crippen molar-refractivity contribution in [2.45, 2.75) is 19.6 Å². The van der Waals surface area contributed by atoms with Gasteiger partial charge in [-0.1, -0.05) is 11.6 Å². The molecule has 10 nitrogen and oxygen atoms in total. The number of aromatic nitrogens is 2. The van der Waals surface area contributed by atoms with Crippen LogP contribution in [-0.4, -0.2) is 44.6 Å². The number of esters is 1. The number of aliphatic hydroxyl groups excluding tert-OH is 1. The van der Waals surface area contributed by atoms with Crippen LogP contribution in [0.5, 0.6) is 0 Å². The molecule has 0 saturated heterocycles. The number of nitro groups is 1. The Morgan fingerprint density at radius 3 is 2.65 bits per heavy atom. The van der Waals surface area contributed by atoms with Crippen molar-refractivity contribution >= 4 is 40.2 Å². The Morgan fingerprint density at radius 2 is 1.97 bits per heavy atom. The molecule has 162 valence electrons. The van der Waals surface area contributed by atoms with Crippen LogP contribution in [0.4, 0.5) is 5.69 Å². The van der Waals surface area contributed by atoms with E-state index in [2.05, 4.69) is 10.3 Å². The molecule has 3 rings (SSSR count). The summed E-state index contributed by atoms with van der Waals surface area (Å²) in [6.07, 6.45) is -0.0647. The Balaban J connectivity index is 1.52. The number of carbonyl (C=O) groups excluding carboxylic acids is 2. The molecule has 1 heterocycles. The predicted octanol–water partition coefficient (Wildman–Crippen LogP) is 2.45. The van der Waals surface area contributed by atoms with Gasteiger partial charge in [0, 0.05) is 35.8 Å². The largest absolute Gasteiger partial charge is 0.457 e. The van der Waals surface area contributed by atoms with Crippen LogP contribution in [0, 0.1) is 10.1 Å². The number of rotatable bonds is 9. The molecule has 1 amide bonds. The van der Waals surface area contributed by atoms with E-state index in [9.17, 15) is 24.8 Å². The molecule has 0 aliphatic rings. The van der Waals surface area contributed by atoms with Crippen LogP contribution in [0.3, 0.4) is 0 Å². The lowest BCUT2D eigenvalue weighted by Gasteiger charge is -2.09. The first-order valence-corrected chi connectivity index (χ1v) is 9.70. The molecule has 1 aromatic heterocycles. The van der Waals surface area contributed by atoms with Crippen LogP contribution in [0.2, 0.25) is 5.02 Å². The number of fused-ring (bicyclic) bond motifs is 1. The molecule has 0 aliphatic carbocycles. The molecule has 0 saturated carbocycles. The van der Waals surface area contributed by atoms with E-state index in [0.29, 0.717) is 16.4 Å². The summed E-state index contributed by atoms with van der Waals surface area (Å²) in [7, 11) is 0. The molecule has 0 spiro atoms. The molecule has 2 aromatic carbocycles. The third-order valence-electron chi connectivity index (χ3n) is 4.43. The van der Waals surface area contributed by atoms with E-state index in [0.717, 1.165) is 5.52 Å². The summed E-state index contributed by atoms with van der Waals surface area (Å²) in [6, 6.07) is 10.3. The monoisotopic (exact) mass is 446 g/mol. The van der Waals surface area contributed by atoms with Crippen LogP contribution >= 0.6 is 11.6 Å². The third-order valence-corrected chi connectivity index (χ3v) is 4.67. The Labute approximate surface area is 181 Å². The van der Waals surface area contributed by atoms with Gasteiger partial charge in [-0.3, -0.25) is 19.7 Å². The topological polar surface area (TPSA) is 137 Å². The zero-order chi connectivity index (χ0) is 22.4. The maximum Gasteiger partial charge on any atom is 0.308 e. The van der Waals surface area contributed by atoms with Crippen molar-refractivity contribution in [2.24, 2.45) is 0 Å². The van der Waals surface area contributed by atoms with Crippen LogP contribution in [0.15, 0.2) is 42.5 Å². The molecule has 31 heavy (non-hydrogen) atoms. The normalized spacial score (nSPS) is 10.8. The van der Waals surface area contributed by atoms with E-state index >= 15 is 0 Å². The van der Waals surface area contributed by atoms with Crippen LogP contribution < -0.4 is 5.32 Å². The summed E-state index contributed by atoms with van der Waals surface area (Å²) < 4.78 is 6.97. The molecule has 3 aromatic rings. The van der Waals surface area contributed by atoms with E-state index in [-0.39, 0.29) is 44.0 Å². The molecule has 11 heteroatoms. The van der Waals surface area contributed by atoms with Gasteiger partial charge in [0.05, 0.1) is 29.0 Å². The third kappa shape index (κ3) is 5.56. The van der Waals surface area contributed by atoms with Gasteiger partial charge in [0.15, 0.2) is 0 Å². The summed E-state index contributed by atoms with van der Waals surface area (Å²) in [5.74, 6) is -0.525. The smallest absolute Gasteiger partial charge is 0.308 e. The molecular weight excluding hydrogens is 428 g/mol. The van der Waals surface area contributed by atoms with E-state index in [1.165, 1.54) is 24.3 Å². The van der Waals surface area contributed by atoms with Crippen LogP contribution in [0.25, 0.3) is 11.0 Å². The van der Waals surface area contributed by atoms with E-state index in [4.69, 9.17) is 16.3 Å². The second-order valence-electron chi connectivity index (χ2n) is 6.51. The first-order chi connectivity index (χ1) is 14.9. The quantitative estimate of drug-likeness (QED) is 0.292. The predicted molar refractivity (Wildman–Crippen MR) is 112 cm³/mol. The highest BCUT2D eigenvalue weighted by atomic mass is 35.5. The highest BCUT2D eigenvalue weighted by Gasteiger charge is 2.14. The summed E-state index contributed by atoms with van der Waals surface area (Å²) in [5.41, 5.74) is 1.52. The van der Waals surface area contributed by atoms with Crippen molar-refractivity contribution in [3.63, 3.8) is 0 Å². The van der Waals surface area contributed by atoms with Gasteiger partial charge in [0.25, 0.3) is 11.6 Å². The van der Waals surface area contributed by atoms with Crippen molar-refractivity contribution in [2.75, 3.05) is 13.2 Å². The average molecular weight is 447 g/mol. The van der Waals surface area contributed by atoms with Crippen LogP contribution in [-0.2, 0) is 22.7 Å². The second kappa shape index (κ2) is 10.0. The Kier molecular flexibility index (Phi) is 7.16. The number of aliphatic hydroxyl groups is 1. The first-order valence-electron chi connectivity index (χ1n) is 9.33. The molecule has 0 atom stereocenters. The number of imidazole rings is 1. The molecule has 0 fully saturated rings. The number of nitrogens with zero attached hydrogens (tertiary/aromatic N) is 3. The van der Waals surface area contributed by atoms with Crippen molar-refractivity contribution in [1.29, 1.82) is 0 Å². The number of ether oxygens (including phenoxy) is 1. The highest BCUT2D eigenvalue weighted by molar-refractivity contribution is 6.31. The minimum absolute atomic E-state index is 0.0390. The van der Waals surface area contributed by atoms with E-state index in [1.54, 1.807) is 22.8 Å². The Morgan fingerprint density at radius 1 is 1.23 bits per heavy atom. The zero-order valence-electron chi connectivity index (χ0n) is 16.3. The van der Waals surface area contributed by atoms with Gasteiger partial charge >= 0.3 is 5.97 Å².